The van der Waals surface area contributed by atoms with E-state index in [1.807, 2.05) is 6.07 Å². The zero-order chi connectivity index (χ0) is 23.6. The molecule has 6 rings (SSSR count). The van der Waals surface area contributed by atoms with Gasteiger partial charge >= 0.3 is 0 Å². The van der Waals surface area contributed by atoms with Crippen LogP contribution in [0.3, 0.4) is 0 Å². The van der Waals surface area contributed by atoms with E-state index in [0.717, 1.165) is 41.9 Å². The quantitative estimate of drug-likeness (QED) is 0.576. The molecule has 1 aromatic heterocycles. The third kappa shape index (κ3) is 3.45. The maximum atomic E-state index is 13.8. The molecule has 34 heavy (non-hydrogen) atoms. The second-order valence-corrected chi connectivity index (χ2v) is 12.9. The van der Waals surface area contributed by atoms with Crippen molar-refractivity contribution < 1.29 is 4.79 Å². The fourth-order valence-electron chi connectivity index (χ4n) is 9.71. The van der Waals surface area contributed by atoms with Gasteiger partial charge in [-0.25, -0.2) is 4.68 Å². The van der Waals surface area contributed by atoms with Gasteiger partial charge in [0.1, 0.15) is 24.4 Å². The van der Waals surface area contributed by atoms with Crippen LogP contribution in [0.5, 0.6) is 0 Å². The number of hydrogen-bond donors (Lipinski definition) is 0. The Morgan fingerprint density at radius 2 is 1.76 bits per heavy atom. The van der Waals surface area contributed by atoms with Gasteiger partial charge in [0.15, 0.2) is 11.5 Å². The summed E-state index contributed by atoms with van der Waals surface area (Å²) in [5, 5.41) is 22.9. The second-order valence-electron chi connectivity index (χ2n) is 12.9. The van der Waals surface area contributed by atoms with Gasteiger partial charge in [-0.15, -0.1) is 0 Å². The van der Waals surface area contributed by atoms with Crippen LogP contribution in [-0.4, -0.2) is 15.6 Å². The highest BCUT2D eigenvalue weighted by molar-refractivity contribution is 5.82. The number of Topliss-reactive ketones (excluding diaryl/α,β-unsaturated/α-hetero) is 1. The number of nitriles is 2. The molecule has 9 atom stereocenters. The molecule has 0 spiro atoms. The van der Waals surface area contributed by atoms with Crippen molar-refractivity contribution in [2.45, 2.75) is 84.6 Å². The Hall–Kier alpha value is -2.14. The lowest BCUT2D eigenvalue weighted by molar-refractivity contribution is -0.131. The van der Waals surface area contributed by atoms with Crippen LogP contribution in [0.1, 0.15) is 89.4 Å². The molecule has 0 radical (unpaired) electrons. The smallest absolute Gasteiger partial charge is 0.163 e. The number of ketones is 1. The number of hydrogen-bond acceptors (Lipinski definition) is 4. The summed E-state index contributed by atoms with van der Waals surface area (Å²) in [7, 11) is 0. The molecule has 5 nitrogen and oxygen atoms in total. The lowest BCUT2D eigenvalue weighted by Gasteiger charge is -2.57. The Morgan fingerprint density at radius 3 is 2.50 bits per heavy atom. The number of fused-ring (bicyclic) bond motifs is 5. The first kappa shape index (κ1) is 22.3. The average Bonchev–Trinajstić information content (AvgIpc) is 3.52. The van der Waals surface area contributed by atoms with E-state index < -0.39 is 0 Å². The summed E-state index contributed by atoms with van der Waals surface area (Å²) in [6.07, 6.45) is 13.3. The van der Waals surface area contributed by atoms with Gasteiger partial charge in [-0.2, -0.15) is 15.6 Å². The van der Waals surface area contributed by atoms with Gasteiger partial charge in [-0.3, -0.25) is 4.79 Å². The Labute approximate surface area is 203 Å². The first-order chi connectivity index (χ1) is 16.4. The molecule has 180 valence electrons. The van der Waals surface area contributed by atoms with Gasteiger partial charge in [0, 0.05) is 12.0 Å². The topological polar surface area (TPSA) is 82.5 Å². The molecule has 5 fully saturated rings. The maximum absolute atomic E-state index is 13.8. The second kappa shape index (κ2) is 8.22. The van der Waals surface area contributed by atoms with E-state index in [1.54, 1.807) is 0 Å². The van der Waals surface area contributed by atoms with Crippen molar-refractivity contribution in [1.29, 1.82) is 10.5 Å². The SMILES string of the molecule is C[C@H]1CC[C@@H]2C3CC[C@@]4(C)C([C@@H]3CC[C@@H]2C1)[C@H](C1CC1)C[C@@H]4C(=O)Cn1nc(C#N)cc1C#N. The van der Waals surface area contributed by atoms with Crippen molar-refractivity contribution in [3.63, 3.8) is 0 Å². The minimum absolute atomic E-state index is 0.0643. The largest absolute Gasteiger partial charge is 0.297 e. The number of nitrogens with zero attached hydrogens (tertiary/aromatic N) is 4. The van der Waals surface area contributed by atoms with E-state index in [9.17, 15) is 15.3 Å². The van der Waals surface area contributed by atoms with E-state index in [4.69, 9.17) is 0 Å². The zero-order valence-electron chi connectivity index (χ0n) is 20.7. The standard InChI is InChI=1S/C29H38N4O/c1-17-3-7-22-19(11-17)6-8-24-23(22)9-10-29(2)26(13-25(28(24)29)18-4-5-18)27(34)16-33-21(15-31)12-20(14-30)32-33/h12,17-19,22-26,28H,3-11,13,16H2,1-2H3/t17-,19+,22-,23?,24+,25-,26+,28?,29+/m0/s1. The molecule has 5 saturated carbocycles. The summed E-state index contributed by atoms with van der Waals surface area (Å²) < 4.78 is 1.48. The first-order valence-electron chi connectivity index (χ1n) is 13.8. The van der Waals surface area contributed by atoms with Gasteiger partial charge in [0.2, 0.25) is 0 Å². The molecule has 2 unspecified atom stereocenters. The highest BCUT2D eigenvalue weighted by Crippen LogP contribution is 2.69. The summed E-state index contributed by atoms with van der Waals surface area (Å²) in [5.41, 5.74) is 0.616. The van der Waals surface area contributed by atoms with Crippen molar-refractivity contribution in [2.75, 3.05) is 0 Å². The Morgan fingerprint density at radius 1 is 1.00 bits per heavy atom. The fourth-order valence-corrected chi connectivity index (χ4v) is 9.71. The third-order valence-corrected chi connectivity index (χ3v) is 11.2. The van der Waals surface area contributed by atoms with Gasteiger partial charge in [0.25, 0.3) is 0 Å². The maximum Gasteiger partial charge on any atom is 0.163 e. The minimum Gasteiger partial charge on any atom is -0.297 e. The Kier molecular flexibility index (Phi) is 5.40. The van der Waals surface area contributed by atoms with Crippen LogP contribution < -0.4 is 0 Å². The summed E-state index contributed by atoms with van der Waals surface area (Å²) in [4.78, 5) is 13.8. The van der Waals surface area contributed by atoms with Crippen LogP contribution in [0, 0.1) is 81.3 Å². The van der Waals surface area contributed by atoms with Crippen molar-refractivity contribution in [3.8, 4) is 12.1 Å². The summed E-state index contributed by atoms with van der Waals surface area (Å²) in [6.45, 7) is 5.03. The molecule has 0 aromatic carbocycles. The van der Waals surface area contributed by atoms with Gasteiger partial charge in [0.05, 0.1) is 0 Å². The molecule has 0 aliphatic heterocycles. The van der Waals surface area contributed by atoms with Crippen LogP contribution in [0.15, 0.2) is 6.07 Å². The molecule has 1 aromatic rings. The number of rotatable bonds is 4. The molecule has 5 aliphatic carbocycles. The van der Waals surface area contributed by atoms with Crippen LogP contribution >= 0.6 is 0 Å². The Balaban J connectivity index is 1.27. The molecule has 0 bridgehead atoms. The molecular formula is C29H38N4O. The van der Waals surface area contributed by atoms with E-state index >= 15 is 0 Å². The van der Waals surface area contributed by atoms with E-state index in [2.05, 4.69) is 25.0 Å². The Bertz CT molecular complexity index is 1060. The monoisotopic (exact) mass is 458 g/mol. The van der Waals surface area contributed by atoms with Crippen molar-refractivity contribution >= 4 is 5.78 Å². The van der Waals surface area contributed by atoms with Gasteiger partial charge in [-0.05, 0) is 111 Å². The zero-order valence-corrected chi connectivity index (χ0v) is 20.7. The van der Waals surface area contributed by atoms with Crippen LogP contribution in [0.4, 0.5) is 0 Å². The summed E-state index contributed by atoms with van der Waals surface area (Å²) in [6, 6.07) is 5.62. The van der Waals surface area contributed by atoms with Crippen molar-refractivity contribution in [2.24, 2.45) is 58.7 Å². The number of carbonyl (C=O) groups excluding carboxylic acids is 1. The van der Waals surface area contributed by atoms with Gasteiger partial charge in [-0.1, -0.05) is 20.3 Å². The molecule has 5 aliphatic rings. The summed E-state index contributed by atoms with van der Waals surface area (Å²) in [5.74, 6) is 7.00. The predicted molar refractivity (Wildman–Crippen MR) is 128 cm³/mol. The minimum atomic E-state index is 0.0643. The molecule has 0 N–H and O–H groups in total. The first-order valence-corrected chi connectivity index (χ1v) is 13.8. The normalized spacial score (nSPS) is 43.2. The summed E-state index contributed by atoms with van der Waals surface area (Å²) >= 11 is 0. The van der Waals surface area contributed by atoms with Crippen LogP contribution in [0.2, 0.25) is 0 Å². The van der Waals surface area contributed by atoms with E-state index in [1.165, 1.54) is 68.5 Å². The number of carbonyl (C=O) groups is 1. The third-order valence-electron chi connectivity index (χ3n) is 11.2. The predicted octanol–water partition coefficient (Wildman–Crippen LogP) is 5.74. The van der Waals surface area contributed by atoms with Crippen LogP contribution in [-0.2, 0) is 11.3 Å². The molecule has 5 heteroatoms. The lowest BCUT2D eigenvalue weighted by Crippen LogP contribution is -2.50. The lowest BCUT2D eigenvalue weighted by atomic mass is 9.48. The average molecular weight is 459 g/mol. The number of aromatic nitrogens is 2. The highest BCUT2D eigenvalue weighted by Gasteiger charge is 2.63. The molecule has 1 heterocycles. The van der Waals surface area contributed by atoms with Crippen molar-refractivity contribution in [1.82, 2.24) is 9.78 Å². The molecule has 0 saturated heterocycles. The molecular weight excluding hydrogens is 420 g/mol. The van der Waals surface area contributed by atoms with Crippen molar-refractivity contribution in [3.05, 3.63) is 17.5 Å². The van der Waals surface area contributed by atoms with E-state index in [0.29, 0.717) is 17.5 Å². The van der Waals surface area contributed by atoms with Gasteiger partial charge < -0.3 is 0 Å². The highest BCUT2D eigenvalue weighted by atomic mass is 16.1. The fraction of sp³-hybridized carbons (Fsp3) is 0.793. The van der Waals surface area contributed by atoms with Crippen LogP contribution in [0.25, 0.3) is 0 Å². The molecule has 0 amide bonds. The van der Waals surface area contributed by atoms with E-state index in [-0.39, 0.29) is 29.4 Å².